The number of hydrogen-bond donors (Lipinski definition) is 0. The van der Waals surface area contributed by atoms with Crippen LogP contribution >= 0.6 is 11.3 Å². The molecule has 0 N–H and O–H groups in total. The summed E-state index contributed by atoms with van der Waals surface area (Å²) in [6, 6.07) is 16.7. The summed E-state index contributed by atoms with van der Waals surface area (Å²) >= 11 is 1.64. The van der Waals surface area contributed by atoms with Gasteiger partial charge in [-0.05, 0) is 49.3 Å². The standard InChI is InChI=1S/C24H24N4OS/c1-2-28-23-20(16-25-28)19(15-21(26-23)22-11-7-13-30-22)24(29)27-12-6-10-18(27)14-17-8-4-3-5-9-17/h3-5,7-9,11,13,15-16,18H,2,6,10,12,14H2,1H3. The van der Waals surface area contributed by atoms with Crippen molar-refractivity contribution in [2.75, 3.05) is 6.54 Å². The van der Waals surface area contributed by atoms with Gasteiger partial charge >= 0.3 is 0 Å². The molecule has 5 rings (SSSR count). The summed E-state index contributed by atoms with van der Waals surface area (Å²) in [4.78, 5) is 21.7. The van der Waals surface area contributed by atoms with E-state index in [1.54, 1.807) is 17.5 Å². The molecule has 1 saturated heterocycles. The number of carbonyl (C=O) groups excluding carboxylic acids is 1. The van der Waals surface area contributed by atoms with Crippen molar-refractivity contribution in [3.05, 3.63) is 71.2 Å². The molecule has 4 heterocycles. The van der Waals surface area contributed by atoms with Gasteiger partial charge in [-0.25, -0.2) is 9.67 Å². The van der Waals surface area contributed by atoms with Crippen LogP contribution in [0.1, 0.15) is 35.7 Å². The van der Waals surface area contributed by atoms with Crippen LogP contribution in [0.3, 0.4) is 0 Å². The lowest BCUT2D eigenvalue weighted by atomic mass is 10.0. The number of aryl methyl sites for hydroxylation is 1. The molecule has 6 heteroatoms. The maximum Gasteiger partial charge on any atom is 0.255 e. The minimum atomic E-state index is 0.0919. The van der Waals surface area contributed by atoms with Crippen LogP contribution in [-0.4, -0.2) is 38.2 Å². The summed E-state index contributed by atoms with van der Waals surface area (Å²) in [7, 11) is 0. The molecule has 4 aromatic rings. The number of carbonyl (C=O) groups is 1. The average molecular weight is 417 g/mol. The minimum Gasteiger partial charge on any atom is -0.335 e. The molecule has 3 aromatic heterocycles. The highest BCUT2D eigenvalue weighted by molar-refractivity contribution is 7.13. The zero-order chi connectivity index (χ0) is 20.5. The Kier molecular flexibility index (Phi) is 5.09. The first kappa shape index (κ1) is 19.0. The zero-order valence-corrected chi connectivity index (χ0v) is 17.8. The van der Waals surface area contributed by atoms with E-state index in [1.165, 1.54) is 5.56 Å². The van der Waals surface area contributed by atoms with E-state index in [-0.39, 0.29) is 11.9 Å². The van der Waals surface area contributed by atoms with Crippen molar-refractivity contribution >= 4 is 28.3 Å². The molecule has 1 amide bonds. The highest BCUT2D eigenvalue weighted by Crippen LogP contribution is 2.31. The molecule has 0 radical (unpaired) electrons. The number of amides is 1. The molecule has 0 saturated carbocycles. The quantitative estimate of drug-likeness (QED) is 0.459. The van der Waals surface area contributed by atoms with Crippen LogP contribution in [0.15, 0.2) is 60.1 Å². The van der Waals surface area contributed by atoms with Gasteiger partial charge in [0, 0.05) is 19.1 Å². The van der Waals surface area contributed by atoms with Crippen LogP contribution < -0.4 is 0 Å². The van der Waals surface area contributed by atoms with Crippen LogP contribution in [-0.2, 0) is 13.0 Å². The molecule has 1 aliphatic rings. The fourth-order valence-corrected chi connectivity index (χ4v) is 5.05. The maximum absolute atomic E-state index is 13.7. The molecule has 1 unspecified atom stereocenters. The van der Waals surface area contributed by atoms with E-state index < -0.39 is 0 Å². The highest BCUT2D eigenvalue weighted by Gasteiger charge is 2.31. The lowest BCUT2D eigenvalue weighted by Crippen LogP contribution is -2.37. The molecule has 0 spiro atoms. The largest absolute Gasteiger partial charge is 0.335 e. The van der Waals surface area contributed by atoms with Crippen molar-refractivity contribution in [1.82, 2.24) is 19.7 Å². The fourth-order valence-electron chi connectivity index (χ4n) is 4.36. The number of aromatic nitrogens is 3. The Labute approximate surface area is 180 Å². The number of pyridine rings is 1. The molecule has 1 atom stereocenters. The number of benzene rings is 1. The van der Waals surface area contributed by atoms with Crippen molar-refractivity contribution in [1.29, 1.82) is 0 Å². The summed E-state index contributed by atoms with van der Waals surface area (Å²) in [6.45, 7) is 3.57. The first-order chi connectivity index (χ1) is 14.7. The summed E-state index contributed by atoms with van der Waals surface area (Å²) < 4.78 is 1.87. The van der Waals surface area contributed by atoms with Gasteiger partial charge in [0.2, 0.25) is 0 Å². The van der Waals surface area contributed by atoms with Crippen LogP contribution in [0, 0.1) is 0 Å². The summed E-state index contributed by atoms with van der Waals surface area (Å²) in [5.41, 5.74) is 3.61. The van der Waals surface area contributed by atoms with E-state index in [1.807, 2.05) is 41.3 Å². The average Bonchev–Trinajstić information content (AvgIpc) is 3.53. The van der Waals surface area contributed by atoms with Gasteiger partial charge in [-0.2, -0.15) is 5.10 Å². The smallest absolute Gasteiger partial charge is 0.255 e. The molecule has 1 aromatic carbocycles. The molecule has 30 heavy (non-hydrogen) atoms. The van der Waals surface area contributed by atoms with Gasteiger partial charge in [-0.1, -0.05) is 36.4 Å². The summed E-state index contributed by atoms with van der Waals surface area (Å²) in [6.07, 6.45) is 4.77. The van der Waals surface area contributed by atoms with Crippen LogP contribution in [0.5, 0.6) is 0 Å². The van der Waals surface area contributed by atoms with Crippen molar-refractivity contribution in [2.45, 2.75) is 38.8 Å². The first-order valence-corrected chi connectivity index (χ1v) is 11.4. The number of hydrogen-bond acceptors (Lipinski definition) is 4. The Morgan fingerprint density at radius 3 is 2.83 bits per heavy atom. The van der Waals surface area contributed by atoms with Gasteiger partial charge in [0.15, 0.2) is 5.65 Å². The predicted molar refractivity (Wildman–Crippen MR) is 121 cm³/mol. The zero-order valence-electron chi connectivity index (χ0n) is 17.0. The van der Waals surface area contributed by atoms with Crippen LogP contribution in [0.2, 0.25) is 0 Å². The Hall–Kier alpha value is -2.99. The Bertz CT molecular complexity index is 1170. The molecule has 0 bridgehead atoms. The first-order valence-electron chi connectivity index (χ1n) is 10.5. The van der Waals surface area contributed by atoms with Gasteiger partial charge < -0.3 is 4.90 Å². The Balaban J connectivity index is 1.54. The molecule has 5 nitrogen and oxygen atoms in total. The minimum absolute atomic E-state index is 0.0919. The van der Waals surface area contributed by atoms with Crippen molar-refractivity contribution in [2.24, 2.45) is 0 Å². The number of rotatable bonds is 5. The third-order valence-electron chi connectivity index (χ3n) is 5.86. The summed E-state index contributed by atoms with van der Waals surface area (Å²) in [5, 5.41) is 7.36. The Morgan fingerprint density at radius 1 is 1.20 bits per heavy atom. The van der Waals surface area contributed by atoms with E-state index >= 15 is 0 Å². The van der Waals surface area contributed by atoms with Crippen LogP contribution in [0.4, 0.5) is 0 Å². The van der Waals surface area contributed by atoms with Gasteiger partial charge in [-0.3, -0.25) is 4.79 Å². The van der Waals surface area contributed by atoms with Gasteiger partial charge in [0.25, 0.3) is 5.91 Å². The molecule has 152 valence electrons. The van der Waals surface area contributed by atoms with E-state index in [0.717, 1.165) is 54.0 Å². The van der Waals surface area contributed by atoms with E-state index in [9.17, 15) is 4.79 Å². The second-order valence-electron chi connectivity index (χ2n) is 7.71. The molecular weight excluding hydrogens is 392 g/mol. The molecule has 0 aliphatic carbocycles. The maximum atomic E-state index is 13.7. The SMILES string of the molecule is CCn1ncc2c(C(=O)N3CCCC3Cc3ccccc3)cc(-c3cccs3)nc21. The number of nitrogens with zero attached hydrogens (tertiary/aromatic N) is 4. The lowest BCUT2D eigenvalue weighted by molar-refractivity contribution is 0.0738. The number of fused-ring (bicyclic) bond motifs is 1. The van der Waals surface area contributed by atoms with Gasteiger partial charge in [0.1, 0.15) is 0 Å². The second-order valence-corrected chi connectivity index (χ2v) is 8.66. The number of likely N-dealkylation sites (tertiary alicyclic amines) is 1. The molecule has 1 fully saturated rings. The monoisotopic (exact) mass is 416 g/mol. The lowest BCUT2D eigenvalue weighted by Gasteiger charge is -2.25. The second kappa shape index (κ2) is 8.03. The third-order valence-corrected chi connectivity index (χ3v) is 6.76. The van der Waals surface area contributed by atoms with E-state index in [2.05, 4.69) is 34.3 Å². The van der Waals surface area contributed by atoms with Crippen molar-refractivity contribution in [3.8, 4) is 10.6 Å². The topological polar surface area (TPSA) is 51.0 Å². The van der Waals surface area contributed by atoms with E-state index in [4.69, 9.17) is 4.98 Å². The highest BCUT2D eigenvalue weighted by atomic mass is 32.1. The van der Waals surface area contributed by atoms with Crippen molar-refractivity contribution in [3.63, 3.8) is 0 Å². The Morgan fingerprint density at radius 2 is 2.07 bits per heavy atom. The number of thiophene rings is 1. The third kappa shape index (κ3) is 3.41. The predicted octanol–water partition coefficient (Wildman–Crippen LogP) is 5.03. The van der Waals surface area contributed by atoms with E-state index in [0.29, 0.717) is 5.56 Å². The van der Waals surface area contributed by atoms with Gasteiger partial charge in [0.05, 0.1) is 27.7 Å². The van der Waals surface area contributed by atoms with Crippen molar-refractivity contribution < 1.29 is 4.79 Å². The summed E-state index contributed by atoms with van der Waals surface area (Å²) in [5.74, 6) is 0.0919. The van der Waals surface area contributed by atoms with Gasteiger partial charge in [-0.15, -0.1) is 11.3 Å². The molecule has 1 aliphatic heterocycles. The van der Waals surface area contributed by atoms with Crippen LogP contribution in [0.25, 0.3) is 21.6 Å². The molecular formula is C24H24N4OS. The fraction of sp³-hybridized carbons (Fsp3) is 0.292. The normalized spacial score (nSPS) is 16.4.